The number of aromatic nitrogens is 1. The second kappa shape index (κ2) is 3.57. The first kappa shape index (κ1) is 10.8. The molecule has 3 rings (SSSR count). The Kier molecular flexibility index (Phi) is 2.26. The molecule has 0 saturated heterocycles. The summed E-state index contributed by atoms with van der Waals surface area (Å²) in [6, 6.07) is 1.94. The fourth-order valence-corrected chi connectivity index (χ4v) is 2.34. The first-order valence-corrected chi connectivity index (χ1v) is 6.32. The highest BCUT2D eigenvalue weighted by atomic mass is 79.9. The van der Waals surface area contributed by atoms with E-state index in [1.54, 1.807) is 0 Å². The van der Waals surface area contributed by atoms with Gasteiger partial charge in [-0.3, -0.25) is 4.79 Å². The third-order valence-corrected chi connectivity index (χ3v) is 3.77. The van der Waals surface area contributed by atoms with Gasteiger partial charge in [0.2, 0.25) is 0 Å². The second-order valence-corrected chi connectivity index (χ2v) is 5.71. The van der Waals surface area contributed by atoms with Crippen LogP contribution in [-0.4, -0.2) is 16.6 Å². The molecule has 2 aliphatic rings. The van der Waals surface area contributed by atoms with Crippen molar-refractivity contribution in [2.45, 2.75) is 19.8 Å². The van der Waals surface area contributed by atoms with Gasteiger partial charge in [-0.1, -0.05) is 6.92 Å². The van der Waals surface area contributed by atoms with E-state index in [2.05, 4.69) is 38.4 Å². The Morgan fingerprint density at radius 2 is 2.29 bits per heavy atom. The molecule has 1 aromatic rings. The lowest BCUT2D eigenvalue weighted by molar-refractivity contribution is -0.116. The molecular weight excluding hydrogens is 282 g/mol. The van der Waals surface area contributed by atoms with Crippen molar-refractivity contribution in [1.29, 1.82) is 0 Å². The molecule has 1 amide bonds. The average molecular weight is 294 g/mol. The summed E-state index contributed by atoms with van der Waals surface area (Å²) in [6.07, 6.45) is 5.91. The van der Waals surface area contributed by atoms with Gasteiger partial charge in [-0.25, -0.2) is 5.43 Å². The molecule has 88 valence electrons. The number of hydrazone groups is 1. The highest BCUT2D eigenvalue weighted by Gasteiger charge is 2.47. The molecule has 0 aromatic carbocycles. The van der Waals surface area contributed by atoms with Crippen LogP contribution in [0.15, 0.2) is 27.4 Å². The molecule has 17 heavy (non-hydrogen) atoms. The van der Waals surface area contributed by atoms with E-state index in [0.717, 1.165) is 28.7 Å². The topological polar surface area (TPSA) is 57.2 Å². The maximum Gasteiger partial charge on any atom is 0.273 e. The van der Waals surface area contributed by atoms with Crippen molar-refractivity contribution in [3.8, 4) is 0 Å². The molecule has 5 heteroatoms. The lowest BCUT2D eigenvalue weighted by Gasteiger charge is -2.07. The molecule has 1 aliphatic heterocycles. The van der Waals surface area contributed by atoms with E-state index in [1.807, 2.05) is 18.3 Å². The van der Waals surface area contributed by atoms with Crippen molar-refractivity contribution < 1.29 is 4.79 Å². The highest BCUT2D eigenvalue weighted by molar-refractivity contribution is 9.10. The maximum absolute atomic E-state index is 11.8. The van der Waals surface area contributed by atoms with Crippen molar-refractivity contribution >= 4 is 33.6 Å². The quantitative estimate of drug-likeness (QED) is 0.809. The van der Waals surface area contributed by atoms with E-state index in [-0.39, 0.29) is 11.3 Å². The number of halogens is 1. The molecular formula is C12H12BrN3O. The van der Waals surface area contributed by atoms with Gasteiger partial charge in [0.25, 0.3) is 5.91 Å². The van der Waals surface area contributed by atoms with Gasteiger partial charge in [-0.15, -0.1) is 0 Å². The fraction of sp³-hybridized carbons (Fsp3) is 0.333. The molecule has 1 saturated carbocycles. The Labute approximate surface area is 107 Å². The summed E-state index contributed by atoms with van der Waals surface area (Å²) in [7, 11) is 0. The molecule has 1 aliphatic carbocycles. The third kappa shape index (κ3) is 1.84. The maximum atomic E-state index is 11.8. The number of hydrogen-bond acceptors (Lipinski definition) is 2. The van der Waals surface area contributed by atoms with Crippen molar-refractivity contribution in [1.82, 2.24) is 10.4 Å². The van der Waals surface area contributed by atoms with Gasteiger partial charge >= 0.3 is 0 Å². The Morgan fingerprint density at radius 1 is 1.53 bits per heavy atom. The summed E-state index contributed by atoms with van der Waals surface area (Å²) >= 11 is 3.37. The molecule has 0 unspecified atom stereocenters. The lowest BCUT2D eigenvalue weighted by atomic mass is 9.95. The van der Waals surface area contributed by atoms with Gasteiger partial charge in [0.15, 0.2) is 0 Å². The summed E-state index contributed by atoms with van der Waals surface area (Å²) in [5.74, 6) is -0.112. The van der Waals surface area contributed by atoms with Crippen molar-refractivity contribution in [3.05, 3.63) is 28.0 Å². The fourth-order valence-electron chi connectivity index (χ4n) is 1.98. The van der Waals surface area contributed by atoms with Crippen LogP contribution in [0.5, 0.6) is 0 Å². The average Bonchev–Trinajstić information content (AvgIpc) is 2.72. The number of H-pyrrole nitrogens is 1. The smallest absolute Gasteiger partial charge is 0.273 e. The Morgan fingerprint density at radius 3 is 2.88 bits per heavy atom. The predicted molar refractivity (Wildman–Crippen MR) is 69.4 cm³/mol. The van der Waals surface area contributed by atoms with Gasteiger partial charge in [-0.05, 0) is 40.9 Å². The van der Waals surface area contributed by atoms with Crippen molar-refractivity contribution in [3.63, 3.8) is 0 Å². The number of amides is 1. The van der Waals surface area contributed by atoms with Crippen LogP contribution in [-0.2, 0) is 4.79 Å². The summed E-state index contributed by atoms with van der Waals surface area (Å²) in [4.78, 5) is 14.8. The first-order valence-electron chi connectivity index (χ1n) is 5.53. The monoisotopic (exact) mass is 293 g/mol. The number of aromatic amines is 1. The van der Waals surface area contributed by atoms with E-state index in [9.17, 15) is 4.79 Å². The van der Waals surface area contributed by atoms with Crippen LogP contribution < -0.4 is 5.43 Å². The number of carbonyl (C=O) groups is 1. The minimum atomic E-state index is -0.112. The minimum Gasteiger partial charge on any atom is -0.361 e. The zero-order valence-corrected chi connectivity index (χ0v) is 11.0. The van der Waals surface area contributed by atoms with Crippen LogP contribution in [0.3, 0.4) is 0 Å². The second-order valence-electron chi connectivity index (χ2n) is 4.79. The minimum absolute atomic E-state index is 0.0921. The number of nitrogens with zero attached hydrogens (tertiary/aromatic N) is 1. The van der Waals surface area contributed by atoms with Gasteiger partial charge in [0, 0.05) is 21.8 Å². The van der Waals surface area contributed by atoms with Gasteiger partial charge in [0.1, 0.15) is 0 Å². The molecule has 0 bridgehead atoms. The molecule has 2 heterocycles. The molecule has 0 atom stereocenters. The molecule has 0 radical (unpaired) electrons. The van der Waals surface area contributed by atoms with Crippen LogP contribution >= 0.6 is 15.9 Å². The van der Waals surface area contributed by atoms with Crippen LogP contribution in [0.4, 0.5) is 0 Å². The van der Waals surface area contributed by atoms with E-state index in [1.165, 1.54) is 0 Å². The number of hydrogen-bond donors (Lipinski definition) is 2. The third-order valence-electron chi connectivity index (χ3n) is 3.31. The summed E-state index contributed by atoms with van der Waals surface area (Å²) in [5.41, 5.74) is 5.12. The zero-order valence-electron chi connectivity index (χ0n) is 9.38. The first-order chi connectivity index (χ1) is 8.08. The molecule has 4 nitrogen and oxygen atoms in total. The van der Waals surface area contributed by atoms with Gasteiger partial charge < -0.3 is 4.98 Å². The van der Waals surface area contributed by atoms with E-state index in [0.29, 0.717) is 5.57 Å². The molecule has 2 N–H and O–H groups in total. The number of carbonyl (C=O) groups excluding carboxylic acids is 1. The number of nitrogens with one attached hydrogen (secondary N) is 2. The van der Waals surface area contributed by atoms with Crippen LogP contribution in [0.25, 0.3) is 6.08 Å². The number of rotatable bonds is 2. The van der Waals surface area contributed by atoms with Gasteiger partial charge in [0.05, 0.1) is 11.3 Å². The normalized spacial score (nSPS) is 23.8. The van der Waals surface area contributed by atoms with E-state index >= 15 is 0 Å². The van der Waals surface area contributed by atoms with Crippen LogP contribution in [0, 0.1) is 5.41 Å². The Hall–Kier alpha value is -1.36. The summed E-state index contributed by atoms with van der Waals surface area (Å²) < 4.78 is 0.971. The zero-order chi connectivity index (χ0) is 12.0. The summed E-state index contributed by atoms with van der Waals surface area (Å²) in [5, 5.41) is 4.16. The molecule has 1 fully saturated rings. The predicted octanol–water partition coefficient (Wildman–Crippen LogP) is 2.45. The highest BCUT2D eigenvalue weighted by Crippen LogP contribution is 2.49. The Balaban J connectivity index is 1.97. The molecule has 1 aromatic heterocycles. The van der Waals surface area contributed by atoms with Crippen molar-refractivity contribution in [2.24, 2.45) is 10.5 Å². The largest absolute Gasteiger partial charge is 0.361 e. The van der Waals surface area contributed by atoms with Gasteiger partial charge in [-0.2, -0.15) is 5.10 Å². The lowest BCUT2D eigenvalue weighted by Crippen LogP contribution is -2.17. The van der Waals surface area contributed by atoms with E-state index in [4.69, 9.17) is 0 Å². The van der Waals surface area contributed by atoms with Crippen molar-refractivity contribution in [2.75, 3.05) is 0 Å². The molecule has 0 spiro atoms. The van der Waals surface area contributed by atoms with Crippen LogP contribution in [0.2, 0.25) is 0 Å². The summed E-state index contributed by atoms with van der Waals surface area (Å²) in [6.45, 7) is 2.14. The Bertz CT molecular complexity index is 552. The SMILES string of the molecule is CC1(C2=NNC(=O)C2=Cc2cc(Br)c[nH]2)CC1. The van der Waals surface area contributed by atoms with E-state index < -0.39 is 0 Å². The van der Waals surface area contributed by atoms with Crippen LogP contribution in [0.1, 0.15) is 25.5 Å². The standard InChI is InChI=1S/C12H12BrN3O/c1-12(2-3-12)10-9(11(17)16-15-10)5-8-4-7(13)6-14-8/h4-6,14H,2-3H2,1H3,(H,16,17).